The Labute approximate surface area is 82.3 Å². The first-order chi connectivity index (χ1) is 6.89. The van der Waals surface area contributed by atoms with Crippen LogP contribution in [0.2, 0.25) is 0 Å². The van der Waals surface area contributed by atoms with E-state index in [1.807, 2.05) is 0 Å². The van der Waals surface area contributed by atoms with Crippen molar-refractivity contribution in [2.24, 2.45) is 0 Å². The average Bonchev–Trinajstić information content (AvgIpc) is 2.41. The highest BCUT2D eigenvalue weighted by molar-refractivity contribution is 5.79. The van der Waals surface area contributed by atoms with E-state index in [0.29, 0.717) is 5.52 Å². The Kier molecular flexibility index (Phi) is 1.79. The highest BCUT2D eigenvalue weighted by Crippen LogP contribution is 2.31. The van der Waals surface area contributed by atoms with Gasteiger partial charge in [0.25, 0.3) is 0 Å². The number of fused-ring (bicyclic) bond motifs is 1. The molecule has 0 spiro atoms. The number of nitrogens with two attached hydrogens (primary N) is 2. The molecule has 0 saturated heterocycles. The molecule has 1 aromatic carbocycles. The molecule has 1 aromatic heterocycles. The minimum absolute atomic E-state index is 0.0238. The lowest BCUT2D eigenvalue weighted by molar-refractivity contribution is -0.137. The molecule has 0 aliphatic carbocycles. The zero-order valence-electron chi connectivity index (χ0n) is 7.42. The van der Waals surface area contributed by atoms with E-state index in [1.165, 1.54) is 6.07 Å². The molecule has 0 amide bonds. The number of halogens is 3. The summed E-state index contributed by atoms with van der Waals surface area (Å²) in [5.74, 6) is 5.39. The smallest absolute Gasteiger partial charge is 0.368 e. The molecule has 0 radical (unpaired) electrons. The first-order valence-electron chi connectivity index (χ1n) is 4.00. The van der Waals surface area contributed by atoms with Crippen LogP contribution in [-0.2, 0) is 6.18 Å². The number of aromatic nitrogens is 2. The van der Waals surface area contributed by atoms with E-state index in [9.17, 15) is 13.2 Å². The monoisotopic (exact) mass is 216 g/mol. The summed E-state index contributed by atoms with van der Waals surface area (Å²) in [7, 11) is 0. The fourth-order valence-corrected chi connectivity index (χ4v) is 1.29. The molecule has 0 bridgehead atoms. The fraction of sp³-hybridized carbons (Fsp3) is 0.125. The van der Waals surface area contributed by atoms with Crippen LogP contribution in [0.1, 0.15) is 5.56 Å². The number of nitrogens with zero attached hydrogens (tertiary/aromatic N) is 2. The third-order valence-electron chi connectivity index (χ3n) is 2.04. The number of rotatable bonds is 0. The molecule has 0 unspecified atom stereocenters. The van der Waals surface area contributed by atoms with E-state index < -0.39 is 11.7 Å². The van der Waals surface area contributed by atoms with E-state index in [0.717, 1.165) is 16.8 Å². The first kappa shape index (κ1) is 9.63. The summed E-state index contributed by atoms with van der Waals surface area (Å²) in [5, 5.41) is 0. The van der Waals surface area contributed by atoms with E-state index in [4.69, 9.17) is 11.6 Å². The first-order valence-corrected chi connectivity index (χ1v) is 4.00. The Hall–Kier alpha value is -1.92. The lowest BCUT2D eigenvalue weighted by atomic mass is 10.2. The highest BCUT2D eigenvalue weighted by Gasteiger charge is 2.30. The third kappa shape index (κ3) is 1.45. The molecule has 0 fully saturated rings. The SMILES string of the molecule is Nc1nc2ccc(C(F)(F)F)cc2n1N. The van der Waals surface area contributed by atoms with Gasteiger partial charge in [-0.3, -0.25) is 0 Å². The summed E-state index contributed by atoms with van der Waals surface area (Å²) in [5.41, 5.74) is 5.07. The highest BCUT2D eigenvalue weighted by atomic mass is 19.4. The topological polar surface area (TPSA) is 69.9 Å². The van der Waals surface area contributed by atoms with Gasteiger partial charge >= 0.3 is 6.18 Å². The molecule has 4 N–H and O–H groups in total. The fourth-order valence-electron chi connectivity index (χ4n) is 1.29. The molecule has 0 aliphatic rings. The molecule has 2 aromatic rings. The number of benzene rings is 1. The Balaban J connectivity index is 2.70. The molecule has 0 aliphatic heterocycles. The summed E-state index contributed by atoms with van der Waals surface area (Å²) in [4.78, 5) is 3.78. The lowest BCUT2D eigenvalue weighted by Crippen LogP contribution is -2.12. The van der Waals surface area contributed by atoms with Gasteiger partial charge in [-0.15, -0.1) is 0 Å². The second-order valence-corrected chi connectivity index (χ2v) is 3.04. The van der Waals surface area contributed by atoms with Crippen molar-refractivity contribution in [3.8, 4) is 0 Å². The zero-order valence-corrected chi connectivity index (χ0v) is 7.42. The van der Waals surface area contributed by atoms with E-state index in [-0.39, 0.29) is 11.5 Å². The normalized spacial score (nSPS) is 12.2. The lowest BCUT2D eigenvalue weighted by Gasteiger charge is -2.06. The predicted molar refractivity (Wildman–Crippen MR) is 49.3 cm³/mol. The van der Waals surface area contributed by atoms with Gasteiger partial charge in [0.05, 0.1) is 16.6 Å². The zero-order chi connectivity index (χ0) is 11.2. The largest absolute Gasteiger partial charge is 0.416 e. The number of hydrogen-bond donors (Lipinski definition) is 2. The van der Waals surface area contributed by atoms with Crippen molar-refractivity contribution >= 4 is 17.0 Å². The predicted octanol–water partition coefficient (Wildman–Crippen LogP) is 1.35. The molecule has 15 heavy (non-hydrogen) atoms. The Morgan fingerprint density at radius 2 is 1.93 bits per heavy atom. The molecule has 80 valence electrons. The quantitative estimate of drug-likeness (QED) is 0.653. The van der Waals surface area contributed by atoms with Crippen LogP contribution in [0.3, 0.4) is 0 Å². The van der Waals surface area contributed by atoms with Crippen molar-refractivity contribution in [3.63, 3.8) is 0 Å². The van der Waals surface area contributed by atoms with Crippen LogP contribution in [0.5, 0.6) is 0 Å². The summed E-state index contributed by atoms with van der Waals surface area (Å²) < 4.78 is 38.0. The van der Waals surface area contributed by atoms with Crippen molar-refractivity contribution in [3.05, 3.63) is 23.8 Å². The van der Waals surface area contributed by atoms with Crippen molar-refractivity contribution in [2.75, 3.05) is 11.6 Å². The van der Waals surface area contributed by atoms with E-state index in [1.54, 1.807) is 0 Å². The van der Waals surface area contributed by atoms with Crippen LogP contribution in [0, 0.1) is 0 Å². The molecule has 0 atom stereocenters. The minimum atomic E-state index is -4.40. The molecule has 4 nitrogen and oxygen atoms in total. The van der Waals surface area contributed by atoms with Crippen LogP contribution in [0.15, 0.2) is 18.2 Å². The molecular weight excluding hydrogens is 209 g/mol. The number of hydrogen-bond acceptors (Lipinski definition) is 3. The van der Waals surface area contributed by atoms with Crippen molar-refractivity contribution in [1.82, 2.24) is 9.66 Å². The van der Waals surface area contributed by atoms with Crippen LogP contribution < -0.4 is 11.6 Å². The van der Waals surface area contributed by atoms with Gasteiger partial charge < -0.3 is 11.6 Å². The van der Waals surface area contributed by atoms with Gasteiger partial charge in [-0.1, -0.05) is 0 Å². The molecule has 2 rings (SSSR count). The van der Waals surface area contributed by atoms with Gasteiger partial charge in [0.2, 0.25) is 5.95 Å². The Bertz CT molecular complexity index is 514. The maximum atomic E-state index is 12.4. The molecule has 7 heteroatoms. The second kappa shape index (κ2) is 2.78. The third-order valence-corrected chi connectivity index (χ3v) is 2.04. The number of imidazole rings is 1. The van der Waals surface area contributed by atoms with Gasteiger partial charge in [-0.25, -0.2) is 9.66 Å². The van der Waals surface area contributed by atoms with Crippen molar-refractivity contribution in [2.45, 2.75) is 6.18 Å². The summed E-state index contributed by atoms with van der Waals surface area (Å²) in [6, 6.07) is 3.09. The van der Waals surface area contributed by atoms with Gasteiger partial charge in [0, 0.05) is 0 Å². The molecule has 1 heterocycles. The average molecular weight is 216 g/mol. The van der Waals surface area contributed by atoms with Crippen molar-refractivity contribution in [1.29, 1.82) is 0 Å². The van der Waals surface area contributed by atoms with Crippen molar-refractivity contribution < 1.29 is 13.2 Å². The summed E-state index contributed by atoms with van der Waals surface area (Å²) >= 11 is 0. The number of anilines is 1. The second-order valence-electron chi connectivity index (χ2n) is 3.04. The Morgan fingerprint density at radius 3 is 2.53 bits per heavy atom. The maximum Gasteiger partial charge on any atom is 0.416 e. The van der Waals surface area contributed by atoms with Gasteiger partial charge in [-0.05, 0) is 18.2 Å². The Morgan fingerprint density at radius 1 is 1.27 bits per heavy atom. The number of nitrogen functional groups attached to an aromatic ring is 2. The summed E-state index contributed by atoms with van der Waals surface area (Å²) in [6.07, 6.45) is -4.40. The molecular formula is C8H7F3N4. The van der Waals surface area contributed by atoms with Crippen LogP contribution in [0.4, 0.5) is 19.1 Å². The van der Waals surface area contributed by atoms with E-state index >= 15 is 0 Å². The van der Waals surface area contributed by atoms with Gasteiger partial charge in [-0.2, -0.15) is 13.2 Å². The number of alkyl halides is 3. The minimum Gasteiger partial charge on any atom is -0.368 e. The van der Waals surface area contributed by atoms with Crippen LogP contribution in [0.25, 0.3) is 11.0 Å². The van der Waals surface area contributed by atoms with Crippen LogP contribution >= 0.6 is 0 Å². The van der Waals surface area contributed by atoms with Gasteiger partial charge in [0.15, 0.2) is 0 Å². The van der Waals surface area contributed by atoms with Gasteiger partial charge in [0.1, 0.15) is 0 Å². The maximum absolute atomic E-state index is 12.4. The molecule has 0 saturated carbocycles. The van der Waals surface area contributed by atoms with E-state index in [2.05, 4.69) is 4.98 Å². The standard InChI is InChI=1S/C8H7F3N4/c9-8(10,11)4-1-2-5-6(3-4)15(13)7(12)14-5/h1-3H,13H2,(H2,12,14). The summed E-state index contributed by atoms with van der Waals surface area (Å²) in [6.45, 7) is 0. The van der Waals surface area contributed by atoms with Crippen LogP contribution in [-0.4, -0.2) is 9.66 Å².